The molecule has 1 saturated heterocycles. The van der Waals surface area contributed by atoms with E-state index in [1.807, 2.05) is 0 Å². The lowest BCUT2D eigenvalue weighted by atomic mass is 10.0. The molecule has 5 nitrogen and oxygen atoms in total. The fraction of sp³-hybridized carbons (Fsp3) is 0.500. The van der Waals surface area contributed by atoms with Gasteiger partial charge in [-0.25, -0.2) is 18.6 Å². The van der Waals surface area contributed by atoms with E-state index in [0.29, 0.717) is 5.56 Å². The third-order valence-electron chi connectivity index (χ3n) is 3.39. The van der Waals surface area contributed by atoms with Gasteiger partial charge in [0.05, 0.1) is 34.4 Å². The molecule has 1 aliphatic rings. The molecule has 20 heavy (non-hydrogen) atoms. The first-order valence-electron chi connectivity index (χ1n) is 5.92. The highest BCUT2D eigenvalue weighted by Crippen LogP contribution is 2.44. The second-order valence-electron chi connectivity index (χ2n) is 4.92. The summed E-state index contributed by atoms with van der Waals surface area (Å²) in [5, 5.41) is 1.24. The number of halogens is 2. The van der Waals surface area contributed by atoms with E-state index in [0.717, 1.165) is 0 Å². The Bertz CT molecular complexity index is 536. The second kappa shape index (κ2) is 4.78. The molecule has 107 valence electrons. The number of methoxy groups -OCH3 is 1. The molecule has 1 aliphatic heterocycles. The third-order valence-corrected chi connectivity index (χ3v) is 3.90. The summed E-state index contributed by atoms with van der Waals surface area (Å²) < 4.78 is 32.3. The van der Waals surface area contributed by atoms with Gasteiger partial charge in [-0.3, -0.25) is 0 Å². The number of carbonyl (C=O) groups is 1. The summed E-state index contributed by atoms with van der Waals surface area (Å²) in [4.78, 5) is 15.3. The summed E-state index contributed by atoms with van der Waals surface area (Å²) in [5.74, 6) is -3.59. The van der Waals surface area contributed by atoms with E-state index in [4.69, 9.17) is 5.73 Å². The molecule has 1 unspecified atom stereocenters. The molecular formula is C12H14F2N3O2Si. The molecule has 0 bridgehead atoms. The van der Waals surface area contributed by atoms with Crippen molar-refractivity contribution >= 4 is 21.9 Å². The number of hydrogen-bond acceptors (Lipinski definition) is 5. The fourth-order valence-corrected chi connectivity index (χ4v) is 2.43. The Kier molecular flexibility index (Phi) is 3.55. The van der Waals surface area contributed by atoms with Crippen molar-refractivity contribution in [1.82, 2.24) is 10.3 Å². The standard InChI is InChI=1S/C12H14F2N3O2Si/c1-11(20)12(13,14)4-9(17-11)6-3-8(10(18)19-2)16-5-7(6)15/h3,5,9,17H,4,15H2,1-2H3/t9?,11-/m1/s1. The van der Waals surface area contributed by atoms with Gasteiger partial charge in [-0.15, -0.1) is 0 Å². The molecule has 2 heterocycles. The van der Waals surface area contributed by atoms with Crippen LogP contribution in [0.3, 0.4) is 0 Å². The molecule has 8 heteroatoms. The first-order valence-corrected chi connectivity index (χ1v) is 6.42. The summed E-state index contributed by atoms with van der Waals surface area (Å²) in [6, 6.07) is 0.696. The van der Waals surface area contributed by atoms with Gasteiger partial charge in [0.2, 0.25) is 0 Å². The zero-order chi connectivity index (χ0) is 15.1. The lowest BCUT2D eigenvalue weighted by Crippen LogP contribution is -2.49. The third kappa shape index (κ3) is 2.40. The van der Waals surface area contributed by atoms with Crippen LogP contribution in [0.2, 0.25) is 0 Å². The van der Waals surface area contributed by atoms with Gasteiger partial charge in [-0.05, 0) is 18.6 Å². The van der Waals surface area contributed by atoms with E-state index >= 15 is 0 Å². The number of nitrogens with zero attached hydrogens (tertiary/aromatic N) is 1. The van der Waals surface area contributed by atoms with E-state index < -0.39 is 29.5 Å². The summed E-state index contributed by atoms with van der Waals surface area (Å²) in [6.45, 7) is 1.35. The monoisotopic (exact) mass is 298 g/mol. The maximum absolute atomic E-state index is 13.9. The number of aromatic nitrogens is 1. The van der Waals surface area contributed by atoms with Crippen molar-refractivity contribution in [3.8, 4) is 0 Å². The Labute approximate surface area is 118 Å². The number of nitrogens with one attached hydrogen (secondary N) is 1. The number of esters is 1. The minimum atomic E-state index is -2.95. The Morgan fingerprint density at radius 3 is 2.80 bits per heavy atom. The largest absolute Gasteiger partial charge is 0.464 e. The molecule has 2 atom stereocenters. The van der Waals surface area contributed by atoms with E-state index in [1.54, 1.807) is 0 Å². The van der Waals surface area contributed by atoms with Gasteiger partial charge in [-0.2, -0.15) is 0 Å². The normalized spacial score (nSPS) is 28.4. The molecule has 0 aromatic carbocycles. The molecule has 1 fully saturated rings. The Morgan fingerprint density at radius 1 is 1.65 bits per heavy atom. The molecule has 0 amide bonds. The van der Waals surface area contributed by atoms with Gasteiger partial charge in [0.25, 0.3) is 5.92 Å². The van der Waals surface area contributed by atoms with Crippen LogP contribution in [0.15, 0.2) is 12.3 Å². The predicted octanol–water partition coefficient (Wildman–Crippen LogP) is 1.00. The molecular weight excluding hydrogens is 284 g/mol. The molecule has 3 radical (unpaired) electrons. The van der Waals surface area contributed by atoms with Crippen LogP contribution in [0.25, 0.3) is 0 Å². The Balaban J connectivity index is 2.37. The average molecular weight is 298 g/mol. The highest BCUT2D eigenvalue weighted by molar-refractivity contribution is 6.16. The quantitative estimate of drug-likeness (QED) is 0.629. The number of alkyl halides is 2. The van der Waals surface area contributed by atoms with Crippen molar-refractivity contribution in [2.45, 2.75) is 30.5 Å². The Morgan fingerprint density at radius 2 is 2.30 bits per heavy atom. The van der Waals surface area contributed by atoms with Crippen molar-refractivity contribution in [2.75, 3.05) is 12.8 Å². The second-order valence-corrected chi connectivity index (χ2v) is 5.92. The number of nitrogen functional groups attached to an aromatic ring is 1. The molecule has 1 aromatic heterocycles. The van der Waals surface area contributed by atoms with Crippen LogP contribution in [-0.2, 0) is 4.74 Å². The number of pyridine rings is 1. The minimum absolute atomic E-state index is 0.0318. The number of ether oxygens (including phenoxy) is 1. The van der Waals surface area contributed by atoms with Gasteiger partial charge in [0.1, 0.15) is 5.69 Å². The van der Waals surface area contributed by atoms with Gasteiger partial charge >= 0.3 is 5.97 Å². The first kappa shape index (κ1) is 14.9. The van der Waals surface area contributed by atoms with Crippen LogP contribution in [0.5, 0.6) is 0 Å². The number of nitrogens with two attached hydrogens (primary N) is 1. The van der Waals surface area contributed by atoms with Crippen LogP contribution in [-0.4, -0.2) is 39.4 Å². The van der Waals surface area contributed by atoms with Gasteiger partial charge in [0, 0.05) is 12.5 Å². The number of hydrogen-bond donors (Lipinski definition) is 2. The summed E-state index contributed by atoms with van der Waals surface area (Å²) >= 11 is 0. The van der Waals surface area contributed by atoms with Crippen molar-refractivity contribution < 1.29 is 18.3 Å². The summed E-state index contributed by atoms with van der Waals surface area (Å²) in [5.41, 5.74) is 6.45. The van der Waals surface area contributed by atoms with Crippen LogP contribution in [0.4, 0.5) is 14.5 Å². The Hall–Kier alpha value is -1.54. The average Bonchev–Trinajstić information content (AvgIpc) is 2.58. The molecule has 1 aromatic rings. The number of rotatable bonds is 2. The van der Waals surface area contributed by atoms with Crippen LogP contribution in [0.1, 0.15) is 35.4 Å². The highest BCUT2D eigenvalue weighted by atomic mass is 28.1. The van der Waals surface area contributed by atoms with Crippen LogP contribution in [0, 0.1) is 0 Å². The number of carbonyl (C=O) groups excluding carboxylic acids is 1. The molecule has 3 N–H and O–H groups in total. The zero-order valence-corrected chi connectivity index (χ0v) is 12.0. The minimum Gasteiger partial charge on any atom is -0.464 e. The number of anilines is 1. The SMILES string of the molecule is COC(=O)c1cc(C2CC(F)(F)[C@@](C)([Si])N2)c(N)cn1. The van der Waals surface area contributed by atoms with Crippen molar-refractivity contribution in [1.29, 1.82) is 0 Å². The van der Waals surface area contributed by atoms with Crippen molar-refractivity contribution in [3.63, 3.8) is 0 Å². The van der Waals surface area contributed by atoms with Crippen LogP contribution < -0.4 is 11.1 Å². The molecule has 0 spiro atoms. The highest BCUT2D eigenvalue weighted by Gasteiger charge is 2.55. The maximum Gasteiger partial charge on any atom is 0.356 e. The molecule has 2 rings (SSSR count). The van der Waals surface area contributed by atoms with E-state index in [1.165, 1.54) is 26.3 Å². The lowest BCUT2D eigenvalue weighted by Gasteiger charge is -2.26. The lowest BCUT2D eigenvalue weighted by molar-refractivity contribution is -0.0222. The molecule has 0 aliphatic carbocycles. The van der Waals surface area contributed by atoms with Gasteiger partial charge < -0.3 is 15.8 Å². The topological polar surface area (TPSA) is 77.2 Å². The maximum atomic E-state index is 13.9. The van der Waals surface area contributed by atoms with E-state index in [9.17, 15) is 13.6 Å². The van der Waals surface area contributed by atoms with Gasteiger partial charge in [-0.1, -0.05) is 0 Å². The van der Waals surface area contributed by atoms with Crippen LogP contribution >= 0.6 is 0 Å². The van der Waals surface area contributed by atoms with E-state index in [-0.39, 0.29) is 11.4 Å². The van der Waals surface area contributed by atoms with E-state index in [2.05, 4.69) is 25.3 Å². The van der Waals surface area contributed by atoms with Gasteiger partial charge in [0.15, 0.2) is 0 Å². The summed E-state index contributed by atoms with van der Waals surface area (Å²) in [6.07, 6.45) is 0.840. The predicted molar refractivity (Wildman–Crippen MR) is 69.6 cm³/mol. The first-order chi connectivity index (χ1) is 9.18. The van der Waals surface area contributed by atoms with Crippen molar-refractivity contribution in [2.24, 2.45) is 0 Å². The summed E-state index contributed by atoms with van der Waals surface area (Å²) in [7, 11) is 4.25. The molecule has 0 saturated carbocycles. The fourth-order valence-electron chi connectivity index (χ4n) is 2.15. The van der Waals surface area contributed by atoms with Crippen molar-refractivity contribution in [3.05, 3.63) is 23.5 Å². The zero-order valence-electron chi connectivity index (χ0n) is 11.0. The smallest absolute Gasteiger partial charge is 0.356 e.